The number of hydrogen-bond acceptors (Lipinski definition) is 2. The number of aryl methyl sites for hydroxylation is 1. The molecule has 0 spiro atoms. The second kappa shape index (κ2) is 4.37. The van der Waals surface area contributed by atoms with Crippen molar-refractivity contribution in [1.29, 1.82) is 0 Å². The van der Waals surface area contributed by atoms with Crippen LogP contribution in [0.15, 0.2) is 16.6 Å². The standard InChI is InChI=1S/C10H10BrNO2/c1-6-3-10(12-5-13)8(7(2)14)4-9(6)11/h3-5H,1-2H3,(H,12,13). The van der Waals surface area contributed by atoms with Crippen molar-refractivity contribution in [2.75, 3.05) is 5.32 Å². The Hall–Kier alpha value is -1.16. The van der Waals surface area contributed by atoms with Crippen molar-refractivity contribution in [3.63, 3.8) is 0 Å². The third kappa shape index (κ3) is 2.20. The summed E-state index contributed by atoms with van der Waals surface area (Å²) in [5.74, 6) is -0.0740. The molecule has 1 aromatic rings. The van der Waals surface area contributed by atoms with Gasteiger partial charge in [0.2, 0.25) is 6.41 Å². The van der Waals surface area contributed by atoms with Crippen molar-refractivity contribution >= 4 is 33.8 Å². The Labute approximate surface area is 90.6 Å². The summed E-state index contributed by atoms with van der Waals surface area (Å²) in [5, 5.41) is 2.50. The average molecular weight is 256 g/mol. The fourth-order valence-electron chi connectivity index (χ4n) is 1.16. The van der Waals surface area contributed by atoms with Gasteiger partial charge in [0.25, 0.3) is 0 Å². The van der Waals surface area contributed by atoms with Crippen LogP contribution in [-0.4, -0.2) is 12.2 Å². The van der Waals surface area contributed by atoms with E-state index in [1.165, 1.54) is 6.92 Å². The third-order valence-electron chi connectivity index (χ3n) is 1.89. The Morgan fingerprint density at radius 2 is 2.14 bits per heavy atom. The summed E-state index contributed by atoms with van der Waals surface area (Å²) >= 11 is 3.33. The molecule has 0 aliphatic heterocycles. The number of ketones is 1. The number of benzene rings is 1. The molecule has 0 radical (unpaired) electrons. The Morgan fingerprint density at radius 3 is 2.64 bits per heavy atom. The van der Waals surface area contributed by atoms with Gasteiger partial charge in [0.15, 0.2) is 5.78 Å². The second-order valence-corrected chi connectivity index (χ2v) is 3.82. The van der Waals surface area contributed by atoms with Gasteiger partial charge in [-0.15, -0.1) is 0 Å². The van der Waals surface area contributed by atoms with Gasteiger partial charge in [-0.05, 0) is 31.5 Å². The molecule has 0 bridgehead atoms. The molecule has 0 aliphatic carbocycles. The number of anilines is 1. The summed E-state index contributed by atoms with van der Waals surface area (Å²) in [7, 11) is 0. The number of carbonyl (C=O) groups excluding carboxylic acids is 2. The molecule has 0 saturated heterocycles. The van der Waals surface area contributed by atoms with Gasteiger partial charge in [0.05, 0.1) is 5.69 Å². The normalized spacial score (nSPS) is 9.64. The highest BCUT2D eigenvalue weighted by atomic mass is 79.9. The number of rotatable bonds is 3. The summed E-state index contributed by atoms with van der Waals surface area (Å²) in [6.07, 6.45) is 0.565. The van der Waals surface area contributed by atoms with Crippen molar-refractivity contribution in [3.05, 3.63) is 27.7 Å². The largest absolute Gasteiger partial charge is 0.328 e. The van der Waals surface area contributed by atoms with E-state index in [1.807, 2.05) is 6.92 Å². The molecule has 0 heterocycles. The van der Waals surface area contributed by atoms with E-state index in [2.05, 4.69) is 21.2 Å². The molecule has 14 heavy (non-hydrogen) atoms. The van der Waals surface area contributed by atoms with Gasteiger partial charge in [-0.1, -0.05) is 15.9 Å². The highest BCUT2D eigenvalue weighted by molar-refractivity contribution is 9.10. The van der Waals surface area contributed by atoms with E-state index in [4.69, 9.17) is 0 Å². The number of carbonyl (C=O) groups is 2. The van der Waals surface area contributed by atoms with Gasteiger partial charge < -0.3 is 5.32 Å². The maximum atomic E-state index is 11.2. The zero-order chi connectivity index (χ0) is 10.7. The zero-order valence-corrected chi connectivity index (χ0v) is 9.51. The fourth-order valence-corrected chi connectivity index (χ4v) is 1.50. The quantitative estimate of drug-likeness (QED) is 0.667. The van der Waals surface area contributed by atoms with Crippen molar-refractivity contribution in [1.82, 2.24) is 0 Å². The molecule has 0 aliphatic rings. The maximum Gasteiger partial charge on any atom is 0.211 e. The molecular weight excluding hydrogens is 246 g/mol. The van der Waals surface area contributed by atoms with Gasteiger partial charge in [-0.3, -0.25) is 9.59 Å². The van der Waals surface area contributed by atoms with Crippen molar-refractivity contribution in [3.8, 4) is 0 Å². The second-order valence-electron chi connectivity index (χ2n) is 2.97. The Kier molecular flexibility index (Phi) is 3.41. The van der Waals surface area contributed by atoms with Gasteiger partial charge in [-0.2, -0.15) is 0 Å². The molecule has 0 fully saturated rings. The molecule has 4 heteroatoms. The van der Waals surface area contributed by atoms with Crippen molar-refractivity contribution < 1.29 is 9.59 Å². The van der Waals surface area contributed by atoms with Gasteiger partial charge in [0, 0.05) is 10.0 Å². The molecule has 1 N–H and O–H groups in total. The van der Waals surface area contributed by atoms with Crippen LogP contribution < -0.4 is 5.32 Å². The SMILES string of the molecule is CC(=O)c1cc(Br)c(C)cc1NC=O. The predicted molar refractivity (Wildman–Crippen MR) is 58.6 cm³/mol. The van der Waals surface area contributed by atoms with E-state index in [9.17, 15) is 9.59 Å². The van der Waals surface area contributed by atoms with Crippen LogP contribution in [-0.2, 0) is 4.79 Å². The highest BCUT2D eigenvalue weighted by Crippen LogP contribution is 2.25. The van der Waals surface area contributed by atoms with E-state index < -0.39 is 0 Å². The average Bonchev–Trinajstić information content (AvgIpc) is 2.11. The van der Waals surface area contributed by atoms with E-state index in [1.54, 1.807) is 12.1 Å². The van der Waals surface area contributed by atoms with Crippen molar-refractivity contribution in [2.24, 2.45) is 0 Å². The van der Waals surface area contributed by atoms with Crippen molar-refractivity contribution in [2.45, 2.75) is 13.8 Å². The summed E-state index contributed by atoms with van der Waals surface area (Å²) in [5.41, 5.74) is 2.03. The van der Waals surface area contributed by atoms with Gasteiger partial charge in [0.1, 0.15) is 0 Å². The molecule has 1 aromatic carbocycles. The summed E-state index contributed by atoms with van der Waals surface area (Å²) in [4.78, 5) is 21.5. The maximum absolute atomic E-state index is 11.2. The van der Waals surface area contributed by atoms with Crippen LogP contribution in [0.25, 0.3) is 0 Å². The van der Waals surface area contributed by atoms with Crippen LogP contribution in [0.2, 0.25) is 0 Å². The van der Waals surface area contributed by atoms with Gasteiger partial charge in [-0.25, -0.2) is 0 Å². The molecule has 1 rings (SSSR count). The van der Waals surface area contributed by atoms with E-state index in [-0.39, 0.29) is 5.78 Å². The number of hydrogen-bond donors (Lipinski definition) is 1. The van der Waals surface area contributed by atoms with Crippen LogP contribution in [0.3, 0.4) is 0 Å². The Morgan fingerprint density at radius 1 is 1.50 bits per heavy atom. The monoisotopic (exact) mass is 255 g/mol. The number of Topliss-reactive ketones (excluding diaryl/α,β-unsaturated/α-hetero) is 1. The summed E-state index contributed by atoms with van der Waals surface area (Å²) in [6.45, 7) is 3.36. The first-order valence-corrected chi connectivity index (χ1v) is 4.87. The molecule has 0 unspecified atom stereocenters. The Bertz CT molecular complexity index is 388. The lowest BCUT2D eigenvalue weighted by Gasteiger charge is -2.08. The van der Waals surface area contributed by atoms with E-state index >= 15 is 0 Å². The highest BCUT2D eigenvalue weighted by Gasteiger charge is 2.09. The van der Waals surface area contributed by atoms with Crippen LogP contribution in [0.1, 0.15) is 22.8 Å². The molecule has 3 nitrogen and oxygen atoms in total. The minimum atomic E-state index is -0.0740. The first-order chi connectivity index (χ1) is 6.56. The van der Waals surface area contributed by atoms with Crippen LogP contribution in [0.4, 0.5) is 5.69 Å². The lowest BCUT2D eigenvalue weighted by Crippen LogP contribution is -2.03. The van der Waals surface area contributed by atoms with E-state index in [0.717, 1.165) is 10.0 Å². The van der Waals surface area contributed by atoms with E-state index in [0.29, 0.717) is 17.7 Å². The number of nitrogens with one attached hydrogen (secondary N) is 1. The summed E-state index contributed by atoms with van der Waals surface area (Å²) in [6, 6.07) is 3.47. The smallest absolute Gasteiger partial charge is 0.211 e. The van der Waals surface area contributed by atoms with Crippen LogP contribution in [0, 0.1) is 6.92 Å². The molecule has 74 valence electrons. The first kappa shape index (κ1) is 10.9. The Balaban J connectivity index is 3.30. The number of amides is 1. The van der Waals surface area contributed by atoms with Crippen LogP contribution in [0.5, 0.6) is 0 Å². The predicted octanol–water partition coefficient (Wildman–Crippen LogP) is 2.53. The summed E-state index contributed by atoms with van der Waals surface area (Å²) < 4.78 is 0.860. The molecule has 0 atom stereocenters. The third-order valence-corrected chi connectivity index (χ3v) is 2.75. The first-order valence-electron chi connectivity index (χ1n) is 4.07. The lowest BCUT2D eigenvalue weighted by atomic mass is 10.1. The minimum Gasteiger partial charge on any atom is -0.328 e. The molecule has 0 aromatic heterocycles. The van der Waals surface area contributed by atoms with Crippen LogP contribution >= 0.6 is 15.9 Å². The molecular formula is C10H10BrNO2. The minimum absolute atomic E-state index is 0.0740. The van der Waals surface area contributed by atoms with Gasteiger partial charge >= 0.3 is 0 Å². The zero-order valence-electron chi connectivity index (χ0n) is 7.93. The lowest BCUT2D eigenvalue weighted by molar-refractivity contribution is -0.105. The molecule has 1 amide bonds. The molecule has 0 saturated carbocycles. The topological polar surface area (TPSA) is 46.2 Å². The number of halogens is 1. The fraction of sp³-hybridized carbons (Fsp3) is 0.200.